The lowest BCUT2D eigenvalue weighted by molar-refractivity contribution is -0.201. The lowest BCUT2D eigenvalue weighted by atomic mass is 9.33. The summed E-state index contributed by atoms with van der Waals surface area (Å²) >= 11 is 0. The monoisotopic (exact) mass is 777 g/mol. The zero-order chi connectivity index (χ0) is 40.7. The summed E-state index contributed by atoms with van der Waals surface area (Å²) in [5.74, 6) is 2.50. The van der Waals surface area contributed by atoms with Crippen LogP contribution in [-0.4, -0.2) is 46.6 Å². The molecule has 57 heavy (non-hydrogen) atoms. The molecular weight excluding hydrogens is 709 g/mol. The highest BCUT2D eigenvalue weighted by molar-refractivity contribution is 6.01. The van der Waals surface area contributed by atoms with Gasteiger partial charge in [-0.3, -0.25) is 9.59 Å². The minimum absolute atomic E-state index is 0.0546. The lowest BCUT2D eigenvalue weighted by Crippen LogP contribution is -2.67. The maximum absolute atomic E-state index is 15.0. The zero-order valence-corrected chi connectivity index (χ0v) is 35.8. The van der Waals surface area contributed by atoms with Gasteiger partial charge in [0.25, 0.3) is 0 Å². The van der Waals surface area contributed by atoms with Gasteiger partial charge in [0.15, 0.2) is 5.78 Å². The first kappa shape index (κ1) is 39.5. The Kier molecular flexibility index (Phi) is 9.00. The Labute approximate surface area is 341 Å². The van der Waals surface area contributed by atoms with E-state index in [-0.39, 0.29) is 51.3 Å². The Morgan fingerprint density at radius 3 is 2.51 bits per heavy atom. The second-order valence-electron chi connectivity index (χ2n) is 21.8. The van der Waals surface area contributed by atoms with Crippen molar-refractivity contribution in [3.8, 4) is 5.75 Å². The van der Waals surface area contributed by atoms with Crippen molar-refractivity contribution in [2.24, 2.45) is 51.2 Å². The molecule has 4 bridgehead atoms. The molecule has 2 aromatic rings. The number of benzene rings is 2. The molecule has 13 atom stereocenters. The molecular formula is C50H68N2O5. The van der Waals surface area contributed by atoms with E-state index in [2.05, 4.69) is 72.0 Å². The van der Waals surface area contributed by atoms with Crippen LogP contribution in [-0.2, 0) is 26.3 Å². The number of fused-ring (bicyclic) bond motifs is 5. The van der Waals surface area contributed by atoms with Crippen LogP contribution < -0.4 is 11.1 Å². The molecule has 6 saturated carbocycles. The summed E-state index contributed by atoms with van der Waals surface area (Å²) in [6.07, 6.45) is 9.04. The molecule has 0 amide bonds. The molecule has 1 heterocycles. The highest BCUT2D eigenvalue weighted by Crippen LogP contribution is 2.78. The fourth-order valence-electron chi connectivity index (χ4n) is 16.5. The Morgan fingerprint density at radius 2 is 1.77 bits per heavy atom. The first-order valence-corrected chi connectivity index (χ1v) is 22.3. The van der Waals surface area contributed by atoms with Gasteiger partial charge in [-0.15, -0.1) is 0 Å². The molecule has 10 rings (SSSR count). The Morgan fingerprint density at radius 1 is 1.00 bits per heavy atom. The minimum Gasteiger partial charge on any atom is -0.508 e. The van der Waals surface area contributed by atoms with Crippen molar-refractivity contribution in [2.45, 2.75) is 155 Å². The third-order valence-electron chi connectivity index (χ3n) is 18.4. The average Bonchev–Trinajstić information content (AvgIpc) is 3.49. The average molecular weight is 777 g/mol. The van der Waals surface area contributed by atoms with Crippen LogP contribution in [0.4, 0.5) is 5.69 Å². The van der Waals surface area contributed by atoms with E-state index < -0.39 is 16.9 Å². The summed E-state index contributed by atoms with van der Waals surface area (Å²) in [6, 6.07) is 14.2. The van der Waals surface area contributed by atoms with Crippen LogP contribution in [0.25, 0.3) is 0 Å². The van der Waals surface area contributed by atoms with Crippen LogP contribution in [0.15, 0.2) is 53.6 Å². The number of aromatic hydroxyl groups is 1. The van der Waals surface area contributed by atoms with Crippen LogP contribution in [0.1, 0.15) is 142 Å². The summed E-state index contributed by atoms with van der Waals surface area (Å²) in [4.78, 5) is 29.5. The van der Waals surface area contributed by atoms with Gasteiger partial charge in [-0.1, -0.05) is 71.7 Å². The molecule has 2 aromatic carbocycles. The Hall–Kier alpha value is -3.00. The third kappa shape index (κ3) is 5.45. The molecule has 7 fully saturated rings. The van der Waals surface area contributed by atoms with E-state index >= 15 is 4.79 Å². The van der Waals surface area contributed by atoms with E-state index in [1.165, 1.54) is 11.1 Å². The second kappa shape index (κ2) is 13.0. The van der Waals surface area contributed by atoms with Gasteiger partial charge < -0.3 is 26.0 Å². The molecule has 308 valence electrons. The molecule has 7 aliphatic carbocycles. The fourth-order valence-corrected chi connectivity index (χ4v) is 16.5. The number of rotatable bonds is 9. The summed E-state index contributed by atoms with van der Waals surface area (Å²) in [5.41, 5.74) is 10.6. The number of aliphatic hydroxyl groups excluding tert-OH is 1. The van der Waals surface area contributed by atoms with E-state index in [9.17, 15) is 15.0 Å². The normalized spacial score (nSPS) is 42.8. The Bertz CT molecular complexity index is 2040. The van der Waals surface area contributed by atoms with Crippen molar-refractivity contribution in [1.82, 2.24) is 5.32 Å². The molecule has 1 saturated heterocycles. The summed E-state index contributed by atoms with van der Waals surface area (Å²) in [6.45, 7) is 16.9. The number of nitrogen functional groups attached to an aromatic ring is 1. The molecule has 7 nitrogen and oxygen atoms in total. The number of Topliss-reactive ketones (excluding diaryl/α,β-unsaturated/α-hetero) is 2. The number of hydrogen-bond donors (Lipinski definition) is 4. The largest absolute Gasteiger partial charge is 0.508 e. The first-order chi connectivity index (χ1) is 26.8. The van der Waals surface area contributed by atoms with Crippen LogP contribution in [0.2, 0.25) is 0 Å². The number of aliphatic hydroxyl groups is 1. The van der Waals surface area contributed by atoms with Crippen molar-refractivity contribution < 1.29 is 24.5 Å². The van der Waals surface area contributed by atoms with Gasteiger partial charge in [0.2, 0.25) is 0 Å². The number of carbonyl (C=O) groups excluding carboxylic acids is 2. The van der Waals surface area contributed by atoms with Gasteiger partial charge in [0, 0.05) is 29.5 Å². The van der Waals surface area contributed by atoms with Crippen molar-refractivity contribution in [2.75, 3.05) is 12.8 Å². The van der Waals surface area contributed by atoms with Crippen LogP contribution >= 0.6 is 0 Å². The topological polar surface area (TPSA) is 125 Å². The predicted octanol–water partition coefficient (Wildman–Crippen LogP) is 9.19. The van der Waals surface area contributed by atoms with Crippen molar-refractivity contribution in [3.63, 3.8) is 0 Å². The molecule has 5 N–H and O–H groups in total. The van der Waals surface area contributed by atoms with Gasteiger partial charge in [-0.05, 0) is 165 Å². The number of ketones is 2. The predicted molar refractivity (Wildman–Crippen MR) is 224 cm³/mol. The SMILES string of the molecule is CNCc1cc(O)cc([C@@]23CC[C@H]4C[C@@]5(C)C(CCC6=C([C@H](C)C[C@@H](O)[C@@H]7O[C@]7(C)[C@H]7CCC[C@H]7c7cccc(N)c7)C(=O)C[C@@]65C)[C@](C)(C2)[C@@H]4C(C)(C)C3=O)c1. The van der Waals surface area contributed by atoms with Crippen molar-refractivity contribution in [3.05, 3.63) is 70.3 Å². The van der Waals surface area contributed by atoms with Gasteiger partial charge in [0.05, 0.1) is 17.1 Å². The quantitative estimate of drug-likeness (QED) is 0.148. The number of phenols is 1. The van der Waals surface area contributed by atoms with Crippen molar-refractivity contribution in [1.29, 1.82) is 0 Å². The van der Waals surface area contributed by atoms with Crippen LogP contribution in [0.5, 0.6) is 5.75 Å². The molecule has 7 heteroatoms. The number of allylic oxidation sites excluding steroid dienone is 2. The first-order valence-electron chi connectivity index (χ1n) is 22.3. The van der Waals surface area contributed by atoms with Gasteiger partial charge in [-0.25, -0.2) is 0 Å². The van der Waals surface area contributed by atoms with Crippen LogP contribution in [0, 0.1) is 51.2 Å². The smallest absolute Gasteiger partial charge is 0.159 e. The lowest BCUT2D eigenvalue weighted by Gasteiger charge is -2.70. The maximum atomic E-state index is 15.0. The molecule has 8 aliphatic rings. The molecule has 0 spiro atoms. The number of hydrogen-bond acceptors (Lipinski definition) is 7. The number of nitrogens with one attached hydrogen (secondary N) is 1. The fraction of sp³-hybridized carbons (Fsp3) is 0.680. The zero-order valence-electron chi connectivity index (χ0n) is 35.8. The number of nitrogens with two attached hydrogens (primary N) is 1. The van der Waals surface area contributed by atoms with Gasteiger partial charge in [0.1, 0.15) is 17.6 Å². The standard InChI is InChI=1S/C50H68N2O5/c1-28(19-38(54)43-49(7,57-43)36-14-10-13-35(36)30-11-9-12-33(51)22-30)41-37-15-16-40-46(4)27-50(32-20-29(26-52-8)21-34(53)23-32)18-17-31(42(46)45(2,3)44(50)56)24-48(40,6)47(37,5)25-39(41)55/h9,11-12,20-23,28,31,35-36,38,40,42-43,52-54H,10,13-19,24-27,51H2,1-8H3/t28-,31+,35+,36+,38-,40?,42+,43+,46+,47+,48+,49-,50-/m1/s1. The maximum Gasteiger partial charge on any atom is 0.159 e. The van der Waals surface area contributed by atoms with E-state index in [4.69, 9.17) is 10.5 Å². The molecule has 1 aliphatic heterocycles. The number of ether oxygens (including phenoxy) is 1. The van der Waals surface area contributed by atoms with E-state index in [0.717, 1.165) is 80.2 Å². The Balaban J connectivity index is 1.00. The second-order valence-corrected chi connectivity index (χ2v) is 21.8. The number of phenolic OH excluding ortho intramolecular Hbond substituents is 1. The highest BCUT2D eigenvalue weighted by atomic mass is 16.6. The molecule has 0 radical (unpaired) electrons. The van der Waals surface area contributed by atoms with E-state index in [1.807, 2.05) is 31.3 Å². The third-order valence-corrected chi connectivity index (χ3v) is 18.4. The van der Waals surface area contributed by atoms with Crippen molar-refractivity contribution >= 4 is 17.3 Å². The number of epoxide rings is 1. The van der Waals surface area contributed by atoms with E-state index in [0.29, 0.717) is 48.8 Å². The summed E-state index contributed by atoms with van der Waals surface area (Å²) in [5, 5.41) is 26.1. The minimum atomic E-state index is -0.652. The summed E-state index contributed by atoms with van der Waals surface area (Å²) in [7, 11) is 1.92. The van der Waals surface area contributed by atoms with Crippen LogP contribution in [0.3, 0.4) is 0 Å². The molecule has 1 unspecified atom stereocenters. The van der Waals surface area contributed by atoms with Gasteiger partial charge in [-0.2, -0.15) is 0 Å². The van der Waals surface area contributed by atoms with E-state index in [1.54, 1.807) is 0 Å². The number of anilines is 1. The molecule has 0 aromatic heterocycles. The summed E-state index contributed by atoms with van der Waals surface area (Å²) < 4.78 is 6.49. The highest BCUT2D eigenvalue weighted by Gasteiger charge is 2.74. The van der Waals surface area contributed by atoms with Gasteiger partial charge >= 0.3 is 0 Å². The number of carbonyl (C=O) groups is 2.